The Labute approximate surface area is 161 Å². The van der Waals surface area contributed by atoms with Gasteiger partial charge in [0.05, 0.1) is 31.1 Å². The van der Waals surface area contributed by atoms with E-state index in [2.05, 4.69) is 15.0 Å². The van der Waals surface area contributed by atoms with Gasteiger partial charge in [0.15, 0.2) is 0 Å². The third-order valence-electron chi connectivity index (χ3n) is 3.88. The SMILES string of the molecule is CC(C)OCCS(=O)(=O)NCC(=O)N1CCNCC1c1cccnc1.Cl. The number of rotatable bonds is 8. The lowest BCUT2D eigenvalue weighted by atomic mass is 10.1. The van der Waals surface area contributed by atoms with Crippen LogP contribution in [0.1, 0.15) is 25.5 Å². The van der Waals surface area contributed by atoms with Crippen molar-refractivity contribution < 1.29 is 17.9 Å². The zero-order chi connectivity index (χ0) is 18.3. The standard InChI is InChI=1S/C16H26N4O4S.ClH/c1-13(2)24-8-9-25(22,23)19-12-16(21)20-7-6-18-11-15(20)14-4-3-5-17-10-14;/h3-5,10,13,15,18-19H,6-9,11-12H2,1-2H3;1H. The fourth-order valence-electron chi connectivity index (χ4n) is 2.61. The first kappa shape index (κ1) is 22.8. The van der Waals surface area contributed by atoms with Gasteiger partial charge >= 0.3 is 0 Å². The number of nitrogens with zero attached hydrogens (tertiary/aromatic N) is 2. The Kier molecular flexibility index (Phi) is 9.45. The van der Waals surface area contributed by atoms with Crippen LogP contribution in [-0.2, 0) is 19.6 Å². The van der Waals surface area contributed by atoms with Crippen LogP contribution in [-0.4, -0.2) is 68.9 Å². The predicted octanol–water partition coefficient (Wildman–Crippen LogP) is 0.321. The minimum Gasteiger partial charge on any atom is -0.378 e. The molecular formula is C16H27ClN4O4S. The van der Waals surface area contributed by atoms with Gasteiger partial charge in [-0.15, -0.1) is 12.4 Å². The van der Waals surface area contributed by atoms with E-state index in [1.165, 1.54) is 0 Å². The zero-order valence-electron chi connectivity index (χ0n) is 15.1. The second kappa shape index (κ2) is 10.8. The zero-order valence-corrected chi connectivity index (χ0v) is 16.7. The van der Waals surface area contributed by atoms with Crippen LogP contribution in [0.15, 0.2) is 24.5 Å². The molecule has 0 aromatic carbocycles. The molecule has 8 nitrogen and oxygen atoms in total. The molecule has 0 radical (unpaired) electrons. The predicted molar refractivity (Wildman–Crippen MR) is 102 cm³/mol. The molecule has 0 saturated carbocycles. The second-order valence-corrected chi connectivity index (χ2v) is 8.08. The van der Waals surface area contributed by atoms with Crippen molar-refractivity contribution in [2.45, 2.75) is 26.0 Å². The molecule has 26 heavy (non-hydrogen) atoms. The molecule has 1 fully saturated rings. The van der Waals surface area contributed by atoms with E-state index in [4.69, 9.17) is 4.74 Å². The molecule has 1 aromatic rings. The van der Waals surface area contributed by atoms with E-state index >= 15 is 0 Å². The minimum absolute atomic E-state index is 0. The number of piperazine rings is 1. The first-order valence-corrected chi connectivity index (χ1v) is 10.0. The molecule has 0 aliphatic carbocycles. The molecule has 0 spiro atoms. The average molecular weight is 407 g/mol. The van der Waals surface area contributed by atoms with Crippen LogP contribution in [0.25, 0.3) is 0 Å². The number of hydrogen-bond acceptors (Lipinski definition) is 6. The number of pyridine rings is 1. The molecule has 1 aromatic heterocycles. The van der Waals surface area contributed by atoms with Crippen LogP contribution < -0.4 is 10.0 Å². The van der Waals surface area contributed by atoms with Gasteiger partial charge in [-0.1, -0.05) is 6.07 Å². The molecular weight excluding hydrogens is 380 g/mol. The van der Waals surface area contributed by atoms with E-state index in [1.807, 2.05) is 26.0 Å². The molecule has 1 aliphatic heterocycles. The maximum atomic E-state index is 12.5. The number of sulfonamides is 1. The number of aromatic nitrogens is 1. The van der Waals surface area contributed by atoms with Crippen molar-refractivity contribution >= 4 is 28.3 Å². The van der Waals surface area contributed by atoms with Crippen LogP contribution in [0.3, 0.4) is 0 Å². The van der Waals surface area contributed by atoms with E-state index in [0.29, 0.717) is 19.6 Å². The number of amides is 1. The molecule has 2 heterocycles. The van der Waals surface area contributed by atoms with Crippen molar-refractivity contribution in [3.8, 4) is 0 Å². The van der Waals surface area contributed by atoms with Gasteiger partial charge in [0.1, 0.15) is 0 Å². The molecule has 148 valence electrons. The number of carbonyl (C=O) groups excluding carboxylic acids is 1. The van der Waals surface area contributed by atoms with Gasteiger partial charge < -0.3 is 15.0 Å². The summed E-state index contributed by atoms with van der Waals surface area (Å²) in [5, 5.41) is 3.25. The lowest BCUT2D eigenvalue weighted by Gasteiger charge is -2.36. The Hall–Kier alpha value is -1.26. The molecule has 0 bridgehead atoms. The second-order valence-electron chi connectivity index (χ2n) is 6.15. The molecule has 1 aliphatic rings. The lowest BCUT2D eigenvalue weighted by Crippen LogP contribution is -2.51. The van der Waals surface area contributed by atoms with Crippen molar-refractivity contribution in [3.05, 3.63) is 30.1 Å². The van der Waals surface area contributed by atoms with Gasteiger partial charge in [-0.05, 0) is 25.5 Å². The van der Waals surface area contributed by atoms with E-state index in [0.717, 1.165) is 5.56 Å². The quantitative estimate of drug-likeness (QED) is 0.644. The first-order chi connectivity index (χ1) is 11.9. The summed E-state index contributed by atoms with van der Waals surface area (Å²) < 4.78 is 31.5. The van der Waals surface area contributed by atoms with Crippen molar-refractivity contribution in [1.29, 1.82) is 0 Å². The van der Waals surface area contributed by atoms with Crippen LogP contribution in [0.5, 0.6) is 0 Å². The summed E-state index contributed by atoms with van der Waals surface area (Å²) in [4.78, 5) is 18.3. The van der Waals surface area contributed by atoms with Crippen LogP contribution >= 0.6 is 12.4 Å². The molecule has 2 N–H and O–H groups in total. The molecule has 1 unspecified atom stereocenters. The number of halogens is 1. The highest BCUT2D eigenvalue weighted by Crippen LogP contribution is 2.21. The summed E-state index contributed by atoms with van der Waals surface area (Å²) in [5.74, 6) is -0.407. The van der Waals surface area contributed by atoms with Gasteiger partial charge in [0, 0.05) is 32.0 Å². The third kappa shape index (κ3) is 7.16. The highest BCUT2D eigenvalue weighted by molar-refractivity contribution is 7.89. The van der Waals surface area contributed by atoms with Crippen molar-refractivity contribution in [1.82, 2.24) is 19.9 Å². The molecule has 1 saturated heterocycles. The fourth-order valence-corrected chi connectivity index (χ4v) is 3.42. The van der Waals surface area contributed by atoms with Crippen LogP contribution in [0.4, 0.5) is 0 Å². The lowest BCUT2D eigenvalue weighted by molar-refractivity contribution is -0.133. The highest BCUT2D eigenvalue weighted by atomic mass is 35.5. The van der Waals surface area contributed by atoms with Gasteiger partial charge in [-0.3, -0.25) is 9.78 Å². The summed E-state index contributed by atoms with van der Waals surface area (Å²) >= 11 is 0. The molecule has 2 rings (SSSR count). The summed E-state index contributed by atoms with van der Waals surface area (Å²) in [6, 6.07) is 3.59. The molecule has 10 heteroatoms. The van der Waals surface area contributed by atoms with Crippen molar-refractivity contribution in [2.24, 2.45) is 0 Å². The summed E-state index contributed by atoms with van der Waals surface area (Å²) in [5.41, 5.74) is 0.927. The van der Waals surface area contributed by atoms with Crippen LogP contribution in [0.2, 0.25) is 0 Å². The number of nitrogens with one attached hydrogen (secondary N) is 2. The summed E-state index contributed by atoms with van der Waals surface area (Å²) in [6.07, 6.45) is 3.38. The Bertz CT molecular complexity index is 657. The number of hydrogen-bond donors (Lipinski definition) is 2. The van der Waals surface area contributed by atoms with E-state index in [1.54, 1.807) is 17.3 Å². The Balaban J connectivity index is 0.00000338. The Morgan fingerprint density at radius 3 is 2.92 bits per heavy atom. The summed E-state index contributed by atoms with van der Waals surface area (Å²) in [7, 11) is -3.54. The smallest absolute Gasteiger partial charge is 0.238 e. The normalized spacial score (nSPS) is 17.8. The Morgan fingerprint density at radius 1 is 1.50 bits per heavy atom. The largest absolute Gasteiger partial charge is 0.378 e. The maximum Gasteiger partial charge on any atom is 0.238 e. The van der Waals surface area contributed by atoms with Gasteiger partial charge in [-0.2, -0.15) is 0 Å². The first-order valence-electron chi connectivity index (χ1n) is 8.38. The van der Waals surface area contributed by atoms with Gasteiger partial charge in [0.25, 0.3) is 0 Å². The molecule has 1 amide bonds. The topological polar surface area (TPSA) is 101 Å². The van der Waals surface area contributed by atoms with Crippen molar-refractivity contribution in [2.75, 3.05) is 38.5 Å². The van der Waals surface area contributed by atoms with Gasteiger partial charge in [-0.25, -0.2) is 13.1 Å². The number of carbonyl (C=O) groups is 1. The average Bonchev–Trinajstić information content (AvgIpc) is 2.60. The summed E-state index contributed by atoms with van der Waals surface area (Å²) in [6.45, 7) is 5.35. The molecule has 1 atom stereocenters. The van der Waals surface area contributed by atoms with Crippen molar-refractivity contribution in [3.63, 3.8) is 0 Å². The van der Waals surface area contributed by atoms with Crippen LogP contribution in [0, 0.1) is 0 Å². The highest BCUT2D eigenvalue weighted by Gasteiger charge is 2.28. The van der Waals surface area contributed by atoms with E-state index in [9.17, 15) is 13.2 Å². The van der Waals surface area contributed by atoms with E-state index in [-0.39, 0.29) is 49.4 Å². The number of ether oxygens (including phenoxy) is 1. The monoisotopic (exact) mass is 406 g/mol. The van der Waals surface area contributed by atoms with Gasteiger partial charge in [0.2, 0.25) is 15.9 Å². The fraction of sp³-hybridized carbons (Fsp3) is 0.625. The minimum atomic E-state index is -3.54. The maximum absolute atomic E-state index is 12.5. The third-order valence-corrected chi connectivity index (χ3v) is 5.17. The van der Waals surface area contributed by atoms with E-state index < -0.39 is 10.0 Å². The Morgan fingerprint density at radius 2 is 2.27 bits per heavy atom.